The van der Waals surface area contributed by atoms with Gasteiger partial charge in [-0.15, -0.1) is 0 Å². The van der Waals surface area contributed by atoms with Crippen LogP contribution in [-0.2, 0) is 0 Å². The topological polar surface area (TPSA) is 47.6 Å². The third kappa shape index (κ3) is 5.65. The highest BCUT2D eigenvalue weighted by molar-refractivity contribution is 8.13. The van der Waals surface area contributed by atoms with Crippen molar-refractivity contribution in [1.29, 1.82) is 0 Å². The Labute approximate surface area is 150 Å². The summed E-state index contributed by atoms with van der Waals surface area (Å²) in [7, 11) is 0. The van der Waals surface area contributed by atoms with Gasteiger partial charge in [0.05, 0.1) is 17.3 Å². The number of hydrogen-bond donors (Lipinski definition) is 1. The van der Waals surface area contributed by atoms with Gasteiger partial charge in [0.15, 0.2) is 5.17 Å². The summed E-state index contributed by atoms with van der Waals surface area (Å²) in [5, 5.41) is 1.60. The number of hydrogen-bond acceptors (Lipinski definition) is 3. The number of aryl methyl sites for hydroxylation is 2. The Kier molecular flexibility index (Phi) is 6.63. The van der Waals surface area contributed by atoms with Gasteiger partial charge in [-0.3, -0.25) is 0 Å². The lowest BCUT2D eigenvalue weighted by molar-refractivity contribution is 0.344. The Hall–Kier alpha value is -1.36. The molecule has 0 aliphatic carbocycles. The molecule has 0 fully saturated rings. The van der Waals surface area contributed by atoms with Crippen LogP contribution in [0.4, 0.5) is 5.69 Å². The fourth-order valence-corrected chi connectivity index (χ4v) is 2.85. The van der Waals surface area contributed by atoms with E-state index in [9.17, 15) is 0 Å². The molecule has 0 aliphatic rings. The van der Waals surface area contributed by atoms with Crippen LogP contribution in [0.3, 0.4) is 0 Å². The first-order valence-corrected chi connectivity index (χ1v) is 8.82. The number of rotatable bonds is 5. The van der Waals surface area contributed by atoms with Gasteiger partial charge in [-0.1, -0.05) is 41.0 Å². The molecule has 23 heavy (non-hydrogen) atoms. The monoisotopic (exact) mass is 368 g/mol. The minimum absolute atomic E-state index is 0.481. The lowest BCUT2D eigenvalue weighted by atomic mass is 10.1. The first kappa shape index (κ1) is 18.0. The van der Waals surface area contributed by atoms with Crippen molar-refractivity contribution in [3.63, 3.8) is 0 Å². The molecule has 0 heterocycles. The summed E-state index contributed by atoms with van der Waals surface area (Å²) >= 11 is 13.3. The molecule has 0 saturated heterocycles. The van der Waals surface area contributed by atoms with Gasteiger partial charge in [0.1, 0.15) is 5.75 Å². The maximum atomic E-state index is 6.04. The van der Waals surface area contributed by atoms with Crippen molar-refractivity contribution in [2.75, 3.05) is 12.4 Å². The third-order valence-electron chi connectivity index (χ3n) is 3.21. The van der Waals surface area contributed by atoms with Crippen LogP contribution in [0.25, 0.3) is 0 Å². The zero-order chi connectivity index (χ0) is 16.8. The van der Waals surface area contributed by atoms with Gasteiger partial charge in [-0.05, 0) is 55.3 Å². The molecule has 0 aliphatic heterocycles. The fourth-order valence-electron chi connectivity index (χ4n) is 1.84. The van der Waals surface area contributed by atoms with Crippen LogP contribution < -0.4 is 10.5 Å². The molecule has 2 rings (SSSR count). The van der Waals surface area contributed by atoms with Crippen LogP contribution in [0.2, 0.25) is 10.0 Å². The highest BCUT2D eigenvalue weighted by Gasteiger charge is 2.03. The maximum absolute atomic E-state index is 6.04. The van der Waals surface area contributed by atoms with Gasteiger partial charge >= 0.3 is 0 Å². The fraction of sp³-hybridized carbons (Fsp3) is 0.235. The predicted octanol–water partition coefficient (Wildman–Crippen LogP) is 5.37. The Morgan fingerprint density at radius 3 is 2.61 bits per heavy atom. The number of amidine groups is 1. The van der Waals surface area contributed by atoms with Gasteiger partial charge in [-0.2, -0.15) is 0 Å². The Balaban J connectivity index is 1.83. The van der Waals surface area contributed by atoms with Crippen molar-refractivity contribution in [1.82, 2.24) is 0 Å². The molecule has 2 aromatic rings. The molecule has 0 amide bonds. The molecule has 0 aromatic heterocycles. The van der Waals surface area contributed by atoms with E-state index in [1.54, 1.807) is 18.2 Å². The standard InChI is InChI=1S/C17H18Cl2N2OS/c1-11-3-5-14(9-12(11)2)21-17(20)23-8-7-22-16-6-4-13(18)10-15(16)19/h3-6,9-10H,7-8H2,1-2H3,(H2,20,21). The summed E-state index contributed by atoms with van der Waals surface area (Å²) in [6.45, 7) is 4.61. The number of ether oxygens (including phenoxy) is 1. The Bertz CT molecular complexity index is 720. The van der Waals surface area contributed by atoms with Crippen LogP contribution in [-0.4, -0.2) is 17.5 Å². The molecular weight excluding hydrogens is 351 g/mol. The molecule has 3 nitrogen and oxygen atoms in total. The molecule has 122 valence electrons. The number of nitrogens with two attached hydrogens (primary N) is 1. The molecule has 0 unspecified atom stereocenters. The number of halogens is 2. The molecular formula is C17H18Cl2N2OS. The smallest absolute Gasteiger partial charge is 0.159 e. The molecule has 6 heteroatoms. The average Bonchev–Trinajstić information content (AvgIpc) is 2.49. The van der Waals surface area contributed by atoms with Crippen molar-refractivity contribution in [3.8, 4) is 5.75 Å². The highest BCUT2D eigenvalue weighted by Crippen LogP contribution is 2.27. The summed E-state index contributed by atoms with van der Waals surface area (Å²) in [5.74, 6) is 1.29. The lowest BCUT2D eigenvalue weighted by Crippen LogP contribution is -2.10. The van der Waals surface area contributed by atoms with Crippen LogP contribution in [0, 0.1) is 13.8 Å². The van der Waals surface area contributed by atoms with E-state index in [1.165, 1.54) is 22.9 Å². The second kappa shape index (κ2) is 8.48. The van der Waals surface area contributed by atoms with E-state index in [4.69, 9.17) is 33.7 Å². The van der Waals surface area contributed by atoms with E-state index in [2.05, 4.69) is 18.8 Å². The third-order valence-corrected chi connectivity index (χ3v) is 4.50. The quantitative estimate of drug-likeness (QED) is 0.438. The average molecular weight is 369 g/mol. The maximum Gasteiger partial charge on any atom is 0.159 e. The Morgan fingerprint density at radius 1 is 1.13 bits per heavy atom. The highest BCUT2D eigenvalue weighted by atomic mass is 35.5. The first-order valence-electron chi connectivity index (χ1n) is 7.08. The molecule has 0 atom stereocenters. The largest absolute Gasteiger partial charge is 0.491 e. The SMILES string of the molecule is Cc1ccc(N=C(N)SCCOc2ccc(Cl)cc2Cl)cc1C. The van der Waals surface area contributed by atoms with E-state index in [1.807, 2.05) is 18.2 Å². The van der Waals surface area contributed by atoms with Crippen LogP contribution >= 0.6 is 35.0 Å². The minimum atomic E-state index is 0.481. The Morgan fingerprint density at radius 2 is 1.91 bits per heavy atom. The molecule has 2 N–H and O–H groups in total. The summed E-state index contributed by atoms with van der Waals surface area (Å²) < 4.78 is 5.61. The summed E-state index contributed by atoms with van der Waals surface area (Å²) in [6.07, 6.45) is 0. The summed E-state index contributed by atoms with van der Waals surface area (Å²) in [5.41, 5.74) is 9.24. The van der Waals surface area contributed by atoms with Crippen LogP contribution in [0.1, 0.15) is 11.1 Å². The number of nitrogens with zero attached hydrogens (tertiary/aromatic N) is 1. The van der Waals surface area contributed by atoms with Crippen molar-refractivity contribution < 1.29 is 4.74 Å². The van der Waals surface area contributed by atoms with Gasteiger partial charge in [0.25, 0.3) is 0 Å². The second-order valence-corrected chi connectivity index (χ2v) is 6.95. The summed E-state index contributed by atoms with van der Waals surface area (Å²) in [4.78, 5) is 4.39. The molecule has 0 spiro atoms. The van der Waals surface area contributed by atoms with E-state index < -0.39 is 0 Å². The van der Waals surface area contributed by atoms with Gasteiger partial charge in [0, 0.05) is 10.8 Å². The molecule has 0 radical (unpaired) electrons. The van der Waals surface area contributed by atoms with Crippen molar-refractivity contribution >= 4 is 45.8 Å². The zero-order valence-electron chi connectivity index (χ0n) is 13.0. The zero-order valence-corrected chi connectivity index (χ0v) is 15.3. The number of aliphatic imine (C=N–C) groups is 1. The minimum Gasteiger partial charge on any atom is -0.491 e. The van der Waals surface area contributed by atoms with E-state index in [0.717, 1.165) is 5.69 Å². The van der Waals surface area contributed by atoms with Gasteiger partial charge < -0.3 is 10.5 Å². The van der Waals surface area contributed by atoms with Gasteiger partial charge in [-0.25, -0.2) is 4.99 Å². The number of thioether (sulfide) groups is 1. The normalized spacial score (nSPS) is 11.6. The predicted molar refractivity (Wildman–Crippen MR) is 102 cm³/mol. The van der Waals surface area contributed by atoms with E-state index >= 15 is 0 Å². The molecule has 2 aromatic carbocycles. The van der Waals surface area contributed by atoms with Crippen molar-refractivity contribution in [2.24, 2.45) is 10.7 Å². The lowest BCUT2D eigenvalue weighted by Gasteiger charge is -2.08. The number of benzene rings is 2. The first-order chi connectivity index (χ1) is 11.0. The van der Waals surface area contributed by atoms with Crippen molar-refractivity contribution in [3.05, 3.63) is 57.6 Å². The van der Waals surface area contributed by atoms with Crippen molar-refractivity contribution in [2.45, 2.75) is 13.8 Å². The second-order valence-electron chi connectivity index (χ2n) is 4.99. The van der Waals surface area contributed by atoms with Crippen LogP contribution in [0.5, 0.6) is 5.75 Å². The van der Waals surface area contributed by atoms with E-state index in [0.29, 0.717) is 33.3 Å². The van der Waals surface area contributed by atoms with E-state index in [-0.39, 0.29) is 0 Å². The summed E-state index contributed by atoms with van der Waals surface area (Å²) in [6, 6.07) is 11.2. The van der Waals surface area contributed by atoms with Gasteiger partial charge in [0.2, 0.25) is 0 Å². The molecule has 0 saturated carbocycles. The molecule has 0 bridgehead atoms. The van der Waals surface area contributed by atoms with Crippen LogP contribution in [0.15, 0.2) is 41.4 Å².